The molecule has 4 nitrogen and oxygen atoms in total. The molecule has 2 aliphatic rings. The molecule has 2 saturated carbocycles. The second kappa shape index (κ2) is 5.57. The number of nitrogens with zero attached hydrogens (tertiary/aromatic N) is 1. The monoisotopic (exact) mass is 254 g/mol. The maximum absolute atomic E-state index is 11.7. The van der Waals surface area contributed by atoms with Gasteiger partial charge in [0, 0.05) is 12.1 Å². The van der Waals surface area contributed by atoms with Crippen molar-refractivity contribution in [3.63, 3.8) is 0 Å². The Hall–Kier alpha value is -0.610. The van der Waals surface area contributed by atoms with E-state index < -0.39 is 11.5 Å². The van der Waals surface area contributed by atoms with Gasteiger partial charge in [0.05, 0.1) is 0 Å². The molecule has 0 bridgehead atoms. The number of carboxylic acids is 1. The van der Waals surface area contributed by atoms with Crippen LogP contribution >= 0.6 is 0 Å². The van der Waals surface area contributed by atoms with Crippen LogP contribution in [0.15, 0.2) is 0 Å². The van der Waals surface area contributed by atoms with E-state index in [0.29, 0.717) is 12.1 Å². The lowest BCUT2D eigenvalue weighted by atomic mass is 9.78. The van der Waals surface area contributed by atoms with Crippen LogP contribution in [-0.4, -0.2) is 47.2 Å². The predicted molar refractivity (Wildman–Crippen MR) is 71.7 cm³/mol. The molecule has 0 amide bonds. The van der Waals surface area contributed by atoms with Crippen molar-refractivity contribution in [1.29, 1.82) is 0 Å². The summed E-state index contributed by atoms with van der Waals surface area (Å²) in [7, 11) is 2.17. The third-order valence-corrected chi connectivity index (χ3v) is 4.55. The van der Waals surface area contributed by atoms with E-state index in [9.17, 15) is 9.90 Å². The first-order valence-electron chi connectivity index (χ1n) is 7.29. The van der Waals surface area contributed by atoms with E-state index in [1.54, 1.807) is 0 Å². The lowest BCUT2D eigenvalue weighted by Crippen LogP contribution is -2.58. The minimum atomic E-state index is -0.678. The summed E-state index contributed by atoms with van der Waals surface area (Å²) in [5.41, 5.74) is -0.678. The van der Waals surface area contributed by atoms with Crippen molar-refractivity contribution in [2.75, 3.05) is 13.6 Å². The fourth-order valence-corrected chi connectivity index (χ4v) is 3.17. The number of hydrogen-bond donors (Lipinski definition) is 2. The molecule has 0 saturated heterocycles. The number of hydrogen-bond acceptors (Lipinski definition) is 3. The summed E-state index contributed by atoms with van der Waals surface area (Å²) in [6.45, 7) is 2.88. The van der Waals surface area contributed by atoms with Crippen molar-refractivity contribution >= 4 is 5.97 Å². The Bertz CT molecular complexity index is 304. The molecule has 2 rings (SSSR count). The van der Waals surface area contributed by atoms with Gasteiger partial charge >= 0.3 is 5.97 Å². The van der Waals surface area contributed by atoms with Gasteiger partial charge < -0.3 is 15.3 Å². The molecule has 0 radical (unpaired) electrons. The van der Waals surface area contributed by atoms with Crippen LogP contribution in [0.3, 0.4) is 0 Å². The van der Waals surface area contributed by atoms with Gasteiger partial charge in [-0.25, -0.2) is 0 Å². The first-order valence-corrected chi connectivity index (χ1v) is 7.29. The first kappa shape index (κ1) is 13.8. The molecule has 0 aromatic rings. The van der Waals surface area contributed by atoms with Gasteiger partial charge in [-0.1, -0.05) is 6.92 Å². The Kier molecular flexibility index (Phi) is 4.28. The molecule has 18 heavy (non-hydrogen) atoms. The van der Waals surface area contributed by atoms with E-state index >= 15 is 0 Å². The van der Waals surface area contributed by atoms with Crippen LogP contribution in [-0.2, 0) is 4.79 Å². The smallest absolute Gasteiger partial charge is 0.323 e. The van der Waals surface area contributed by atoms with Crippen LogP contribution in [0.2, 0.25) is 0 Å². The molecule has 2 N–H and O–H groups in total. The molecule has 0 heterocycles. The van der Waals surface area contributed by atoms with Crippen molar-refractivity contribution in [1.82, 2.24) is 10.2 Å². The molecule has 2 unspecified atom stereocenters. The van der Waals surface area contributed by atoms with Crippen LogP contribution in [0.25, 0.3) is 0 Å². The number of carbonyl (C=O) groups is 1. The Morgan fingerprint density at radius 3 is 2.67 bits per heavy atom. The Balaban J connectivity index is 2.02. The molecule has 0 aliphatic heterocycles. The second-order valence-corrected chi connectivity index (χ2v) is 5.96. The van der Waals surface area contributed by atoms with E-state index in [4.69, 9.17) is 0 Å². The molecule has 104 valence electrons. The number of carboxylic acid groups (broad SMARTS) is 1. The van der Waals surface area contributed by atoms with Crippen LogP contribution < -0.4 is 5.32 Å². The molecule has 0 spiro atoms. The lowest BCUT2D eigenvalue weighted by molar-refractivity contribution is -0.147. The minimum Gasteiger partial charge on any atom is -0.480 e. The molecular formula is C14H26N2O2. The highest BCUT2D eigenvalue weighted by molar-refractivity contribution is 5.79. The summed E-state index contributed by atoms with van der Waals surface area (Å²) in [5.74, 6) is -0.662. The quantitative estimate of drug-likeness (QED) is 0.759. The number of nitrogens with one attached hydrogen (secondary N) is 1. The molecule has 2 fully saturated rings. The summed E-state index contributed by atoms with van der Waals surface area (Å²) in [4.78, 5) is 14.1. The third-order valence-electron chi connectivity index (χ3n) is 4.55. The maximum Gasteiger partial charge on any atom is 0.323 e. The minimum absolute atomic E-state index is 0.437. The van der Waals surface area contributed by atoms with Crippen LogP contribution in [0.5, 0.6) is 0 Å². The van der Waals surface area contributed by atoms with Gasteiger partial charge in [-0.05, 0) is 58.5 Å². The normalized spacial score (nSPS) is 32.7. The largest absolute Gasteiger partial charge is 0.480 e. The van der Waals surface area contributed by atoms with Crippen molar-refractivity contribution in [3.05, 3.63) is 0 Å². The van der Waals surface area contributed by atoms with E-state index in [2.05, 4.69) is 24.2 Å². The summed E-state index contributed by atoms with van der Waals surface area (Å²) < 4.78 is 0. The van der Waals surface area contributed by atoms with Crippen LogP contribution in [0, 0.1) is 0 Å². The zero-order valence-corrected chi connectivity index (χ0v) is 11.6. The summed E-state index contributed by atoms with van der Waals surface area (Å²) in [6.07, 6.45) is 7.26. The van der Waals surface area contributed by atoms with Gasteiger partial charge in [-0.2, -0.15) is 0 Å². The maximum atomic E-state index is 11.7. The average molecular weight is 254 g/mol. The van der Waals surface area contributed by atoms with Crippen molar-refractivity contribution in [3.8, 4) is 0 Å². The van der Waals surface area contributed by atoms with Gasteiger partial charge in [0.1, 0.15) is 5.54 Å². The Morgan fingerprint density at radius 2 is 2.11 bits per heavy atom. The van der Waals surface area contributed by atoms with Gasteiger partial charge in [-0.3, -0.25) is 4.79 Å². The Labute approximate surface area is 110 Å². The summed E-state index contributed by atoms with van der Waals surface area (Å²) >= 11 is 0. The van der Waals surface area contributed by atoms with E-state index in [-0.39, 0.29) is 0 Å². The zero-order valence-electron chi connectivity index (χ0n) is 11.6. The topological polar surface area (TPSA) is 52.6 Å². The van der Waals surface area contributed by atoms with Crippen LogP contribution in [0.4, 0.5) is 0 Å². The van der Waals surface area contributed by atoms with Crippen molar-refractivity contribution in [2.24, 2.45) is 0 Å². The van der Waals surface area contributed by atoms with E-state index in [1.807, 2.05) is 0 Å². The van der Waals surface area contributed by atoms with Gasteiger partial charge in [0.2, 0.25) is 0 Å². The van der Waals surface area contributed by atoms with Gasteiger partial charge in [0.15, 0.2) is 0 Å². The lowest BCUT2D eigenvalue weighted by Gasteiger charge is -2.42. The SMILES string of the molecule is CCCNC1(C(=O)O)CCCC(N(C)C2CC2)C1. The second-order valence-electron chi connectivity index (χ2n) is 5.96. The summed E-state index contributed by atoms with van der Waals surface area (Å²) in [5, 5.41) is 12.9. The van der Waals surface area contributed by atoms with Crippen LogP contribution in [0.1, 0.15) is 51.9 Å². The van der Waals surface area contributed by atoms with E-state index in [1.165, 1.54) is 12.8 Å². The number of aliphatic carboxylic acids is 1. The summed E-state index contributed by atoms with van der Waals surface area (Å²) in [6, 6.07) is 1.15. The number of rotatable bonds is 6. The molecule has 0 aromatic heterocycles. The standard InChI is InChI=1S/C14H26N2O2/c1-3-9-15-14(13(17)18)8-4-5-12(10-14)16(2)11-6-7-11/h11-12,15H,3-10H2,1-2H3,(H,17,18). The highest BCUT2D eigenvalue weighted by Crippen LogP contribution is 2.36. The fourth-order valence-electron chi connectivity index (χ4n) is 3.17. The highest BCUT2D eigenvalue weighted by atomic mass is 16.4. The van der Waals surface area contributed by atoms with Gasteiger partial charge in [-0.15, -0.1) is 0 Å². The fraction of sp³-hybridized carbons (Fsp3) is 0.929. The van der Waals surface area contributed by atoms with Gasteiger partial charge in [0.25, 0.3) is 0 Å². The molecule has 0 aromatic carbocycles. The molecular weight excluding hydrogens is 228 g/mol. The molecule has 2 atom stereocenters. The van der Waals surface area contributed by atoms with Crippen molar-refractivity contribution < 1.29 is 9.90 Å². The molecule has 4 heteroatoms. The highest BCUT2D eigenvalue weighted by Gasteiger charge is 2.45. The van der Waals surface area contributed by atoms with E-state index in [0.717, 1.165) is 38.6 Å². The van der Waals surface area contributed by atoms with Crippen molar-refractivity contribution in [2.45, 2.75) is 69.5 Å². The predicted octanol–water partition coefficient (Wildman–Crippen LogP) is 1.85. The zero-order chi connectivity index (χ0) is 13.2. The first-order chi connectivity index (χ1) is 8.59. The molecule has 2 aliphatic carbocycles. The average Bonchev–Trinajstić information content (AvgIpc) is 3.20. The Morgan fingerprint density at radius 1 is 1.39 bits per heavy atom. The third kappa shape index (κ3) is 2.86.